The Labute approximate surface area is 113 Å². The summed E-state index contributed by atoms with van der Waals surface area (Å²) in [6.07, 6.45) is -0.173. The van der Waals surface area contributed by atoms with Gasteiger partial charge in [-0.15, -0.1) is 0 Å². The van der Waals surface area contributed by atoms with Crippen molar-refractivity contribution in [2.24, 2.45) is 11.1 Å². The zero-order valence-corrected chi connectivity index (χ0v) is 11.0. The lowest BCUT2D eigenvalue weighted by Crippen LogP contribution is -2.28. The standard InChI is InChI=1S/C11H11F3N2O3S/c12-7-2-8(13)11(14)9(3-7)16-4-6(1-10(16)17)5-20(15,18)19/h2-3,6H,1,4-5H2,(H2,15,18,19). The van der Waals surface area contributed by atoms with E-state index in [9.17, 15) is 26.4 Å². The number of amides is 1. The lowest BCUT2D eigenvalue weighted by molar-refractivity contribution is -0.117. The van der Waals surface area contributed by atoms with E-state index in [0.717, 1.165) is 4.90 Å². The first-order valence-corrected chi connectivity index (χ1v) is 7.34. The molecular weight excluding hydrogens is 297 g/mol. The fourth-order valence-corrected chi connectivity index (χ4v) is 3.07. The quantitative estimate of drug-likeness (QED) is 0.837. The van der Waals surface area contributed by atoms with Gasteiger partial charge in [0, 0.05) is 31.0 Å². The fourth-order valence-electron chi connectivity index (χ4n) is 2.19. The maximum atomic E-state index is 13.6. The Hall–Kier alpha value is -1.61. The van der Waals surface area contributed by atoms with E-state index in [1.807, 2.05) is 0 Å². The van der Waals surface area contributed by atoms with Crippen molar-refractivity contribution < 1.29 is 26.4 Å². The van der Waals surface area contributed by atoms with Crippen LogP contribution < -0.4 is 10.0 Å². The molecule has 0 aromatic heterocycles. The molecule has 1 aliphatic heterocycles. The number of nitrogens with two attached hydrogens (primary N) is 1. The van der Waals surface area contributed by atoms with Gasteiger partial charge in [0.2, 0.25) is 15.9 Å². The van der Waals surface area contributed by atoms with Gasteiger partial charge in [-0.3, -0.25) is 4.79 Å². The predicted octanol–water partition coefficient (Wildman–Crippen LogP) is 0.745. The topological polar surface area (TPSA) is 80.5 Å². The molecule has 0 saturated carbocycles. The van der Waals surface area contributed by atoms with Crippen LogP contribution in [-0.2, 0) is 14.8 Å². The van der Waals surface area contributed by atoms with Crippen molar-refractivity contribution in [1.82, 2.24) is 0 Å². The van der Waals surface area contributed by atoms with E-state index < -0.39 is 50.7 Å². The fraction of sp³-hybridized carbons (Fsp3) is 0.364. The Morgan fingerprint density at radius 1 is 1.30 bits per heavy atom. The normalized spacial score (nSPS) is 19.7. The van der Waals surface area contributed by atoms with Crippen molar-refractivity contribution in [3.63, 3.8) is 0 Å². The van der Waals surface area contributed by atoms with E-state index in [1.165, 1.54) is 0 Å². The minimum Gasteiger partial charge on any atom is -0.309 e. The van der Waals surface area contributed by atoms with Gasteiger partial charge in [0.05, 0.1) is 11.4 Å². The minimum atomic E-state index is -3.78. The van der Waals surface area contributed by atoms with Crippen LogP contribution in [-0.4, -0.2) is 26.6 Å². The van der Waals surface area contributed by atoms with Crippen molar-refractivity contribution in [1.29, 1.82) is 0 Å². The molecule has 20 heavy (non-hydrogen) atoms. The molecule has 0 aliphatic carbocycles. The number of carbonyl (C=O) groups excluding carboxylic acids is 1. The molecule has 0 spiro atoms. The van der Waals surface area contributed by atoms with E-state index in [2.05, 4.69) is 0 Å². The molecule has 1 heterocycles. The van der Waals surface area contributed by atoms with Crippen LogP contribution in [0, 0.1) is 23.4 Å². The summed E-state index contributed by atoms with van der Waals surface area (Å²) in [6, 6.07) is 1.05. The van der Waals surface area contributed by atoms with Gasteiger partial charge in [0.1, 0.15) is 5.82 Å². The van der Waals surface area contributed by atoms with Crippen molar-refractivity contribution in [3.8, 4) is 0 Å². The lowest BCUT2D eigenvalue weighted by atomic mass is 10.1. The number of hydrogen-bond donors (Lipinski definition) is 1. The van der Waals surface area contributed by atoms with Crippen molar-refractivity contribution >= 4 is 21.6 Å². The monoisotopic (exact) mass is 308 g/mol. The molecule has 1 aromatic rings. The zero-order valence-electron chi connectivity index (χ0n) is 10.1. The molecule has 1 fully saturated rings. The maximum Gasteiger partial charge on any atom is 0.227 e. The van der Waals surface area contributed by atoms with Crippen LogP contribution in [0.15, 0.2) is 12.1 Å². The first-order valence-electron chi connectivity index (χ1n) is 5.63. The Balaban J connectivity index is 2.29. The predicted molar refractivity (Wildman–Crippen MR) is 64.8 cm³/mol. The molecule has 1 amide bonds. The number of primary sulfonamides is 1. The second-order valence-corrected chi connectivity index (χ2v) is 6.28. The third-order valence-electron chi connectivity index (χ3n) is 2.94. The van der Waals surface area contributed by atoms with Gasteiger partial charge in [-0.2, -0.15) is 0 Å². The molecule has 1 saturated heterocycles. The van der Waals surface area contributed by atoms with E-state index >= 15 is 0 Å². The number of rotatable bonds is 3. The number of halogens is 3. The second-order valence-electron chi connectivity index (χ2n) is 4.62. The van der Waals surface area contributed by atoms with Gasteiger partial charge in [0.15, 0.2) is 11.6 Å². The number of benzene rings is 1. The number of hydrogen-bond acceptors (Lipinski definition) is 3. The minimum absolute atomic E-state index is 0.158. The molecule has 1 unspecified atom stereocenters. The first-order chi connectivity index (χ1) is 9.17. The molecule has 2 N–H and O–H groups in total. The van der Waals surface area contributed by atoms with Gasteiger partial charge >= 0.3 is 0 Å². The van der Waals surface area contributed by atoms with E-state index in [-0.39, 0.29) is 13.0 Å². The second kappa shape index (κ2) is 5.06. The average molecular weight is 308 g/mol. The molecule has 0 radical (unpaired) electrons. The van der Waals surface area contributed by atoms with E-state index in [1.54, 1.807) is 0 Å². The molecule has 1 atom stereocenters. The van der Waals surface area contributed by atoms with E-state index in [4.69, 9.17) is 5.14 Å². The molecule has 5 nitrogen and oxygen atoms in total. The summed E-state index contributed by atoms with van der Waals surface area (Å²) in [4.78, 5) is 12.6. The summed E-state index contributed by atoms with van der Waals surface area (Å²) in [5.74, 6) is -5.49. The summed E-state index contributed by atoms with van der Waals surface area (Å²) in [6.45, 7) is -0.158. The molecule has 1 aliphatic rings. The van der Waals surface area contributed by atoms with Gasteiger partial charge in [-0.1, -0.05) is 0 Å². The number of anilines is 1. The summed E-state index contributed by atoms with van der Waals surface area (Å²) in [5.41, 5.74) is -0.538. The highest BCUT2D eigenvalue weighted by atomic mass is 32.2. The number of carbonyl (C=O) groups is 1. The summed E-state index contributed by atoms with van der Waals surface area (Å²) >= 11 is 0. The van der Waals surface area contributed by atoms with Crippen LogP contribution in [0.5, 0.6) is 0 Å². The van der Waals surface area contributed by atoms with Gasteiger partial charge in [-0.25, -0.2) is 26.7 Å². The smallest absolute Gasteiger partial charge is 0.227 e. The SMILES string of the molecule is NS(=O)(=O)CC1CC(=O)N(c2cc(F)cc(F)c2F)C1. The van der Waals surface area contributed by atoms with Crippen LogP contribution >= 0.6 is 0 Å². The highest BCUT2D eigenvalue weighted by Crippen LogP contribution is 2.29. The summed E-state index contributed by atoms with van der Waals surface area (Å²) < 4.78 is 61.7. The molecule has 0 bridgehead atoms. The van der Waals surface area contributed by atoms with Crippen LogP contribution in [0.2, 0.25) is 0 Å². The highest BCUT2D eigenvalue weighted by molar-refractivity contribution is 7.89. The van der Waals surface area contributed by atoms with Crippen LogP contribution in [0.1, 0.15) is 6.42 Å². The van der Waals surface area contributed by atoms with Crippen molar-refractivity contribution in [2.75, 3.05) is 17.2 Å². The van der Waals surface area contributed by atoms with Crippen molar-refractivity contribution in [3.05, 3.63) is 29.6 Å². The largest absolute Gasteiger partial charge is 0.309 e. The van der Waals surface area contributed by atoms with Gasteiger partial charge in [0.25, 0.3) is 0 Å². The summed E-state index contributed by atoms with van der Waals surface area (Å²) in [5, 5.41) is 4.87. The number of nitrogens with zero attached hydrogens (tertiary/aromatic N) is 1. The average Bonchev–Trinajstić information content (AvgIpc) is 2.62. The molecule has 110 valence electrons. The Bertz CT molecular complexity index is 663. The molecule has 9 heteroatoms. The summed E-state index contributed by atoms with van der Waals surface area (Å²) in [7, 11) is -3.78. The van der Waals surface area contributed by atoms with Gasteiger partial charge < -0.3 is 4.90 Å². The third kappa shape index (κ3) is 3.10. The van der Waals surface area contributed by atoms with E-state index in [0.29, 0.717) is 12.1 Å². The Morgan fingerprint density at radius 3 is 2.55 bits per heavy atom. The Morgan fingerprint density at radius 2 is 1.95 bits per heavy atom. The van der Waals surface area contributed by atoms with Crippen molar-refractivity contribution in [2.45, 2.75) is 6.42 Å². The maximum absolute atomic E-state index is 13.6. The Kier molecular flexibility index (Phi) is 3.74. The molecular formula is C11H11F3N2O3S. The first kappa shape index (κ1) is 14.8. The third-order valence-corrected chi connectivity index (χ3v) is 3.87. The zero-order chi connectivity index (χ0) is 15.1. The number of sulfonamides is 1. The van der Waals surface area contributed by atoms with Crippen LogP contribution in [0.4, 0.5) is 18.9 Å². The van der Waals surface area contributed by atoms with Crippen LogP contribution in [0.3, 0.4) is 0 Å². The highest BCUT2D eigenvalue weighted by Gasteiger charge is 2.34. The molecule has 2 rings (SSSR count). The molecule has 1 aromatic carbocycles. The lowest BCUT2D eigenvalue weighted by Gasteiger charge is -2.17. The van der Waals surface area contributed by atoms with Crippen LogP contribution in [0.25, 0.3) is 0 Å². The van der Waals surface area contributed by atoms with Gasteiger partial charge in [-0.05, 0) is 0 Å².